The maximum Gasteiger partial charge on any atom is 0.304 e. The molecule has 6 heteroatoms. The van der Waals surface area contributed by atoms with Gasteiger partial charge in [-0.1, -0.05) is 47.5 Å². The lowest BCUT2D eigenvalue weighted by Gasteiger charge is -2.15. The molecule has 0 radical (unpaired) electrons. The van der Waals surface area contributed by atoms with Gasteiger partial charge in [0.1, 0.15) is 5.75 Å². The number of nitrogens with one attached hydrogen (secondary N) is 2. The Hall–Kier alpha value is -3.93. The summed E-state index contributed by atoms with van der Waals surface area (Å²) in [4.78, 5) is 25.9. The Labute approximate surface area is 187 Å². The number of ether oxygens (including phenoxy) is 1. The molecule has 3 aromatic rings. The Balaban J connectivity index is 1.69. The molecule has 162 valence electrons. The summed E-state index contributed by atoms with van der Waals surface area (Å²) in [6.45, 7) is 3.94. The van der Waals surface area contributed by atoms with E-state index in [1.165, 1.54) is 0 Å². The van der Waals surface area contributed by atoms with Crippen LogP contribution in [0, 0.1) is 13.8 Å². The largest absolute Gasteiger partial charge is 0.497 e. The molecule has 6 nitrogen and oxygen atoms in total. The van der Waals surface area contributed by atoms with Crippen molar-refractivity contribution in [2.75, 3.05) is 7.11 Å². The number of nitrogens with zero attached hydrogens (tertiary/aromatic N) is 1. The van der Waals surface area contributed by atoms with Crippen molar-refractivity contribution in [3.63, 3.8) is 0 Å². The molecule has 1 fully saturated rings. The van der Waals surface area contributed by atoms with Gasteiger partial charge in [0.2, 0.25) is 12.3 Å². The average molecular weight is 429 g/mol. The number of aryl methyl sites for hydroxylation is 2. The number of hydrazone groups is 1. The highest BCUT2D eigenvalue weighted by Gasteiger charge is 2.47. The summed E-state index contributed by atoms with van der Waals surface area (Å²) in [7, 11) is 1.62. The third-order valence-corrected chi connectivity index (χ3v) is 5.53. The maximum atomic E-state index is 13.0. The summed E-state index contributed by atoms with van der Waals surface area (Å²) < 4.78 is 6.98. The number of carbonyl (C=O) groups excluding carboxylic acids is 2. The summed E-state index contributed by atoms with van der Waals surface area (Å²) in [6, 6.07) is 21.7. The van der Waals surface area contributed by atoms with Crippen LogP contribution >= 0.6 is 0 Å². The van der Waals surface area contributed by atoms with Gasteiger partial charge in [0.15, 0.2) is 6.04 Å². The van der Waals surface area contributed by atoms with E-state index in [4.69, 9.17) is 4.74 Å². The van der Waals surface area contributed by atoms with Crippen molar-refractivity contribution in [1.82, 2.24) is 10.7 Å². The third-order valence-electron chi connectivity index (χ3n) is 5.53. The summed E-state index contributed by atoms with van der Waals surface area (Å²) in [5.41, 5.74) is 7.36. The Morgan fingerprint density at radius 3 is 2.38 bits per heavy atom. The number of carbonyl (C=O) groups is 2. The first-order valence-electron chi connectivity index (χ1n) is 10.5. The van der Waals surface area contributed by atoms with Crippen LogP contribution in [-0.2, 0) is 4.79 Å². The number of methoxy groups -OCH3 is 1. The fourth-order valence-corrected chi connectivity index (χ4v) is 3.81. The van der Waals surface area contributed by atoms with Gasteiger partial charge in [-0.05, 0) is 50.2 Å². The Bertz CT molecular complexity index is 1170. The normalized spacial score (nSPS) is 19.0. The van der Waals surface area contributed by atoms with Crippen molar-refractivity contribution >= 4 is 18.0 Å². The molecule has 3 aromatic carbocycles. The third kappa shape index (κ3) is 4.54. The number of hydrazine groups is 1. The molecule has 2 N–H and O–H groups in total. The molecule has 0 spiro atoms. The highest BCUT2D eigenvalue weighted by Crippen LogP contribution is 2.26. The van der Waals surface area contributed by atoms with Gasteiger partial charge >= 0.3 is 5.91 Å². The molecule has 1 saturated heterocycles. The van der Waals surface area contributed by atoms with E-state index >= 15 is 0 Å². The van der Waals surface area contributed by atoms with Gasteiger partial charge in [-0.25, -0.2) is 0 Å². The highest BCUT2D eigenvalue weighted by atomic mass is 16.5. The van der Waals surface area contributed by atoms with Crippen molar-refractivity contribution in [3.8, 4) is 5.75 Å². The van der Waals surface area contributed by atoms with E-state index in [0.29, 0.717) is 5.56 Å². The maximum absolute atomic E-state index is 13.0. The first-order valence-corrected chi connectivity index (χ1v) is 10.5. The predicted molar refractivity (Wildman–Crippen MR) is 123 cm³/mol. The molecule has 0 saturated carbocycles. The number of hydrogen-bond donors (Lipinski definition) is 2. The fraction of sp³-hybridized carbons (Fsp3) is 0.192. The van der Waals surface area contributed by atoms with Crippen LogP contribution < -0.4 is 15.5 Å². The standard InChI is InChI=1S/C26H25N3O3/c1-17-7-11-20(12-8-17)24-23(27-25(30)21-6-4-5-18(2)15-21)26(31)28-29(24)16-19-9-13-22(32-3)14-10-19/h4-16,23-24H,1-3H3,(H-,27,28,30,31)/p+1/b29-16-/t23-,24-/m1/s1. The first-order chi connectivity index (χ1) is 15.4. The van der Waals surface area contributed by atoms with Gasteiger partial charge in [0.05, 0.1) is 7.11 Å². The van der Waals surface area contributed by atoms with Crippen molar-refractivity contribution in [2.24, 2.45) is 0 Å². The molecule has 32 heavy (non-hydrogen) atoms. The molecule has 0 aromatic heterocycles. The smallest absolute Gasteiger partial charge is 0.304 e. The van der Waals surface area contributed by atoms with Crippen LogP contribution in [0.4, 0.5) is 0 Å². The Kier molecular flexibility index (Phi) is 6.03. The lowest BCUT2D eigenvalue weighted by atomic mass is 9.98. The molecule has 2 amide bonds. The first kappa shape index (κ1) is 21.3. The molecular formula is C26H26N3O3+. The van der Waals surface area contributed by atoms with E-state index in [9.17, 15) is 9.59 Å². The van der Waals surface area contributed by atoms with E-state index in [2.05, 4.69) is 10.7 Å². The van der Waals surface area contributed by atoms with E-state index in [-0.39, 0.29) is 11.8 Å². The number of rotatable bonds is 5. The minimum atomic E-state index is -0.750. The zero-order valence-corrected chi connectivity index (χ0v) is 18.3. The second-order valence-electron chi connectivity index (χ2n) is 7.96. The minimum absolute atomic E-state index is 0.263. The topological polar surface area (TPSA) is 70.4 Å². The van der Waals surface area contributed by atoms with Gasteiger partial charge < -0.3 is 10.1 Å². The van der Waals surface area contributed by atoms with E-state index in [0.717, 1.165) is 28.0 Å². The van der Waals surface area contributed by atoms with Crippen LogP contribution in [0.1, 0.15) is 38.7 Å². The summed E-state index contributed by atoms with van der Waals surface area (Å²) >= 11 is 0. The lowest BCUT2D eigenvalue weighted by molar-refractivity contribution is -0.596. The molecular weight excluding hydrogens is 402 g/mol. The zero-order valence-electron chi connectivity index (χ0n) is 18.3. The van der Waals surface area contributed by atoms with Crippen LogP contribution in [0.3, 0.4) is 0 Å². The fourth-order valence-electron chi connectivity index (χ4n) is 3.81. The van der Waals surface area contributed by atoms with Crippen molar-refractivity contribution in [1.29, 1.82) is 0 Å². The van der Waals surface area contributed by atoms with Crippen LogP contribution in [0.2, 0.25) is 0 Å². The van der Waals surface area contributed by atoms with Gasteiger partial charge in [-0.15, -0.1) is 10.1 Å². The molecule has 4 rings (SSSR count). The van der Waals surface area contributed by atoms with Crippen molar-refractivity contribution < 1.29 is 19.0 Å². The second kappa shape index (κ2) is 9.06. The Morgan fingerprint density at radius 2 is 1.72 bits per heavy atom. The SMILES string of the molecule is COc1ccc(/C=[N+]2\NC(=O)[C@H](NC(=O)c3cccc(C)c3)[C@H]2c2ccc(C)cc2)cc1. The quantitative estimate of drug-likeness (QED) is 0.613. The second-order valence-corrected chi connectivity index (χ2v) is 7.96. The van der Waals surface area contributed by atoms with Gasteiger partial charge in [-0.3, -0.25) is 9.59 Å². The van der Waals surface area contributed by atoms with Gasteiger partial charge in [-0.2, -0.15) is 0 Å². The molecule has 2 atom stereocenters. The van der Waals surface area contributed by atoms with E-state index < -0.39 is 12.1 Å². The molecule has 0 aliphatic carbocycles. The lowest BCUT2D eigenvalue weighted by Crippen LogP contribution is -2.42. The number of benzene rings is 3. The van der Waals surface area contributed by atoms with Crippen molar-refractivity contribution in [2.45, 2.75) is 25.9 Å². The number of hydrogen-bond acceptors (Lipinski definition) is 3. The van der Waals surface area contributed by atoms with Crippen LogP contribution in [-0.4, -0.2) is 35.9 Å². The van der Waals surface area contributed by atoms with Crippen molar-refractivity contribution in [3.05, 3.63) is 101 Å². The van der Waals surface area contributed by atoms with E-state index in [1.54, 1.807) is 17.9 Å². The van der Waals surface area contributed by atoms with E-state index in [1.807, 2.05) is 86.8 Å². The molecule has 1 aliphatic heterocycles. The number of amides is 2. The summed E-state index contributed by atoms with van der Waals surface area (Å²) in [6.07, 6.45) is 1.86. The Morgan fingerprint density at radius 1 is 1.00 bits per heavy atom. The minimum Gasteiger partial charge on any atom is -0.497 e. The van der Waals surface area contributed by atoms with Gasteiger partial charge in [0, 0.05) is 16.7 Å². The van der Waals surface area contributed by atoms with Gasteiger partial charge in [0.25, 0.3) is 5.91 Å². The predicted octanol–water partition coefficient (Wildman–Crippen LogP) is 3.33. The average Bonchev–Trinajstić information content (AvgIpc) is 3.09. The van der Waals surface area contributed by atoms with Crippen LogP contribution in [0.15, 0.2) is 72.8 Å². The molecule has 0 bridgehead atoms. The summed E-state index contributed by atoms with van der Waals surface area (Å²) in [5.74, 6) is 0.213. The molecule has 0 unspecified atom stereocenters. The van der Waals surface area contributed by atoms with Crippen LogP contribution in [0.5, 0.6) is 5.75 Å². The monoisotopic (exact) mass is 428 g/mol. The highest BCUT2D eigenvalue weighted by molar-refractivity contribution is 5.98. The zero-order chi connectivity index (χ0) is 22.7. The molecule has 1 heterocycles. The summed E-state index contributed by atoms with van der Waals surface area (Å²) in [5, 5.41) is 2.94. The van der Waals surface area contributed by atoms with Crippen LogP contribution in [0.25, 0.3) is 0 Å². The molecule has 1 aliphatic rings.